The number of hydrogen-bond donors (Lipinski definition) is 1. The highest BCUT2D eigenvalue weighted by molar-refractivity contribution is 5.81. The van der Waals surface area contributed by atoms with E-state index in [1.165, 1.54) is 5.56 Å². The molecule has 1 amide bonds. The topological polar surface area (TPSA) is 47.9 Å². The van der Waals surface area contributed by atoms with Gasteiger partial charge in [0.05, 0.1) is 6.54 Å². The molecule has 2 fully saturated rings. The molecule has 136 valence electrons. The third-order valence-electron chi connectivity index (χ3n) is 5.14. The second-order valence-electron chi connectivity index (χ2n) is 6.92. The molecule has 1 aromatic carbocycles. The van der Waals surface area contributed by atoms with Gasteiger partial charge >= 0.3 is 0 Å². The van der Waals surface area contributed by atoms with Crippen LogP contribution in [0.2, 0.25) is 0 Å². The van der Waals surface area contributed by atoms with Gasteiger partial charge in [-0.25, -0.2) is 0 Å². The van der Waals surface area contributed by atoms with Gasteiger partial charge in [0, 0.05) is 45.1 Å². The Balaban J connectivity index is 1.54. The minimum absolute atomic E-state index is 0.251. The van der Waals surface area contributed by atoms with Gasteiger partial charge in [-0.2, -0.15) is 0 Å². The van der Waals surface area contributed by atoms with Crippen molar-refractivity contribution < 1.29 is 4.79 Å². The van der Waals surface area contributed by atoms with E-state index in [9.17, 15) is 4.79 Å². The highest BCUT2D eigenvalue weighted by Crippen LogP contribution is 2.26. The number of nitrogens with one attached hydrogen (secondary N) is 1. The van der Waals surface area contributed by atoms with Gasteiger partial charge in [0.15, 0.2) is 5.96 Å². The fourth-order valence-corrected chi connectivity index (χ4v) is 3.76. The van der Waals surface area contributed by atoms with Crippen molar-refractivity contribution in [1.29, 1.82) is 0 Å². The van der Waals surface area contributed by atoms with Crippen molar-refractivity contribution in [2.45, 2.75) is 38.5 Å². The Hall–Kier alpha value is -2.04. The maximum Gasteiger partial charge on any atom is 0.224 e. The minimum atomic E-state index is 0.251. The van der Waals surface area contributed by atoms with Gasteiger partial charge in [-0.1, -0.05) is 30.3 Å². The Morgan fingerprint density at radius 1 is 1.16 bits per heavy atom. The molecule has 1 unspecified atom stereocenters. The number of aliphatic imine (C=N–C) groups is 1. The van der Waals surface area contributed by atoms with Crippen molar-refractivity contribution >= 4 is 11.9 Å². The maximum atomic E-state index is 12.2. The number of nitrogens with zero attached hydrogens (tertiary/aromatic N) is 3. The predicted octanol–water partition coefficient (Wildman–Crippen LogP) is 2.45. The molecule has 2 heterocycles. The second-order valence-corrected chi connectivity index (χ2v) is 6.92. The molecule has 3 rings (SSSR count). The number of amides is 1. The van der Waals surface area contributed by atoms with Crippen molar-refractivity contribution in [3.8, 4) is 0 Å². The lowest BCUT2D eigenvalue weighted by molar-refractivity contribution is -0.129. The molecule has 25 heavy (non-hydrogen) atoms. The molecule has 2 aliphatic heterocycles. The molecular weight excluding hydrogens is 312 g/mol. The standard InChI is InChI=1S/C20H30N4O/c1-2-21-20(22-12-10-19(25)23-13-6-7-14-23)24-15-11-18(16-24)17-8-4-3-5-9-17/h3-5,8-9,18H,2,6-7,10-16H2,1H3,(H,21,22). The van der Waals surface area contributed by atoms with Gasteiger partial charge in [-0.05, 0) is 31.7 Å². The zero-order valence-corrected chi connectivity index (χ0v) is 15.3. The third-order valence-corrected chi connectivity index (χ3v) is 5.14. The monoisotopic (exact) mass is 342 g/mol. The van der Waals surface area contributed by atoms with E-state index in [2.05, 4.69) is 47.5 Å². The molecule has 5 heteroatoms. The van der Waals surface area contributed by atoms with E-state index >= 15 is 0 Å². The summed E-state index contributed by atoms with van der Waals surface area (Å²) in [6, 6.07) is 10.7. The molecule has 1 aromatic rings. The molecule has 0 saturated carbocycles. The van der Waals surface area contributed by atoms with Crippen LogP contribution in [0.15, 0.2) is 35.3 Å². The highest BCUT2D eigenvalue weighted by atomic mass is 16.2. The van der Waals surface area contributed by atoms with Crippen LogP contribution in [-0.2, 0) is 4.79 Å². The Bertz CT molecular complexity index is 581. The Kier molecular flexibility index (Phi) is 6.31. The normalized spacial score (nSPS) is 21.0. The fourth-order valence-electron chi connectivity index (χ4n) is 3.76. The van der Waals surface area contributed by atoms with Crippen LogP contribution in [0.25, 0.3) is 0 Å². The van der Waals surface area contributed by atoms with Crippen LogP contribution in [-0.4, -0.2) is 60.9 Å². The lowest BCUT2D eigenvalue weighted by Crippen LogP contribution is -2.40. The van der Waals surface area contributed by atoms with Crippen LogP contribution in [0.1, 0.15) is 44.1 Å². The molecule has 0 radical (unpaired) electrons. The third kappa shape index (κ3) is 4.74. The number of likely N-dealkylation sites (tertiary alicyclic amines) is 2. The molecule has 0 aliphatic carbocycles. The molecular formula is C20H30N4O. The number of rotatable bonds is 5. The van der Waals surface area contributed by atoms with E-state index in [1.54, 1.807) is 0 Å². The zero-order chi connectivity index (χ0) is 17.5. The van der Waals surface area contributed by atoms with E-state index in [0.717, 1.165) is 57.9 Å². The number of carbonyl (C=O) groups excluding carboxylic acids is 1. The summed E-state index contributed by atoms with van der Waals surface area (Å²) >= 11 is 0. The van der Waals surface area contributed by atoms with Crippen molar-refractivity contribution in [3.63, 3.8) is 0 Å². The van der Waals surface area contributed by atoms with Gasteiger partial charge < -0.3 is 15.1 Å². The van der Waals surface area contributed by atoms with Gasteiger partial charge in [-0.3, -0.25) is 9.79 Å². The molecule has 1 atom stereocenters. The van der Waals surface area contributed by atoms with E-state index in [1.807, 2.05) is 4.90 Å². The van der Waals surface area contributed by atoms with Crippen molar-refractivity contribution in [1.82, 2.24) is 15.1 Å². The van der Waals surface area contributed by atoms with Crippen molar-refractivity contribution in [2.75, 3.05) is 39.3 Å². The van der Waals surface area contributed by atoms with E-state index in [0.29, 0.717) is 18.9 Å². The lowest BCUT2D eigenvalue weighted by atomic mass is 9.99. The first-order valence-corrected chi connectivity index (χ1v) is 9.64. The second kappa shape index (κ2) is 8.88. The van der Waals surface area contributed by atoms with Crippen LogP contribution < -0.4 is 5.32 Å². The molecule has 0 bridgehead atoms. The highest BCUT2D eigenvalue weighted by Gasteiger charge is 2.26. The average Bonchev–Trinajstić information content (AvgIpc) is 3.33. The Morgan fingerprint density at radius 2 is 1.92 bits per heavy atom. The van der Waals surface area contributed by atoms with E-state index in [4.69, 9.17) is 4.99 Å². The quantitative estimate of drug-likeness (QED) is 0.660. The average molecular weight is 342 g/mol. The molecule has 0 spiro atoms. The van der Waals surface area contributed by atoms with Gasteiger partial charge in [0.25, 0.3) is 0 Å². The summed E-state index contributed by atoms with van der Waals surface area (Å²) in [4.78, 5) is 21.2. The largest absolute Gasteiger partial charge is 0.357 e. The maximum absolute atomic E-state index is 12.2. The van der Waals surface area contributed by atoms with E-state index in [-0.39, 0.29) is 5.91 Å². The summed E-state index contributed by atoms with van der Waals surface area (Å²) in [5, 5.41) is 3.39. The smallest absolute Gasteiger partial charge is 0.224 e. The van der Waals surface area contributed by atoms with Crippen LogP contribution in [0.5, 0.6) is 0 Å². The number of benzene rings is 1. The van der Waals surface area contributed by atoms with E-state index < -0.39 is 0 Å². The number of carbonyl (C=O) groups is 1. The molecule has 2 aliphatic rings. The summed E-state index contributed by atoms with van der Waals surface area (Å²) in [7, 11) is 0. The van der Waals surface area contributed by atoms with Crippen LogP contribution in [0.4, 0.5) is 0 Å². The minimum Gasteiger partial charge on any atom is -0.357 e. The van der Waals surface area contributed by atoms with Crippen LogP contribution >= 0.6 is 0 Å². The predicted molar refractivity (Wildman–Crippen MR) is 102 cm³/mol. The van der Waals surface area contributed by atoms with Crippen molar-refractivity contribution in [2.24, 2.45) is 4.99 Å². The number of guanidine groups is 1. The van der Waals surface area contributed by atoms with Gasteiger partial charge in [0.2, 0.25) is 5.91 Å². The Morgan fingerprint density at radius 3 is 2.64 bits per heavy atom. The Labute approximate surface area is 151 Å². The van der Waals surface area contributed by atoms with Gasteiger partial charge in [0.1, 0.15) is 0 Å². The van der Waals surface area contributed by atoms with Crippen LogP contribution in [0, 0.1) is 0 Å². The SMILES string of the molecule is CCNC(=NCCC(=O)N1CCCC1)N1CCC(c2ccccc2)C1. The molecule has 2 saturated heterocycles. The summed E-state index contributed by atoms with van der Waals surface area (Å²) in [5.41, 5.74) is 1.41. The summed E-state index contributed by atoms with van der Waals surface area (Å²) < 4.78 is 0. The fraction of sp³-hybridized carbons (Fsp3) is 0.600. The molecule has 5 nitrogen and oxygen atoms in total. The first-order chi connectivity index (χ1) is 12.3. The summed E-state index contributed by atoms with van der Waals surface area (Å²) in [6.45, 7) is 7.38. The molecule has 1 N–H and O–H groups in total. The number of hydrogen-bond acceptors (Lipinski definition) is 2. The first-order valence-electron chi connectivity index (χ1n) is 9.64. The van der Waals surface area contributed by atoms with Crippen molar-refractivity contribution in [3.05, 3.63) is 35.9 Å². The lowest BCUT2D eigenvalue weighted by Gasteiger charge is -2.22. The first kappa shape index (κ1) is 17.8. The van der Waals surface area contributed by atoms with Crippen LogP contribution in [0.3, 0.4) is 0 Å². The zero-order valence-electron chi connectivity index (χ0n) is 15.3. The summed E-state index contributed by atoms with van der Waals surface area (Å²) in [5.74, 6) is 1.77. The summed E-state index contributed by atoms with van der Waals surface area (Å²) in [6.07, 6.45) is 3.96. The molecule has 0 aromatic heterocycles. The van der Waals surface area contributed by atoms with Gasteiger partial charge in [-0.15, -0.1) is 0 Å².